The van der Waals surface area contributed by atoms with Gasteiger partial charge in [-0.25, -0.2) is 0 Å². The highest BCUT2D eigenvalue weighted by Crippen LogP contribution is 2.45. The normalized spacial score (nSPS) is 22.3. The number of likely N-dealkylation sites (tertiary alicyclic amines) is 1. The summed E-state index contributed by atoms with van der Waals surface area (Å²) in [5, 5.41) is 16.6. The van der Waals surface area contributed by atoms with E-state index in [1.165, 1.54) is 0 Å². The molecule has 148 valence electrons. The summed E-state index contributed by atoms with van der Waals surface area (Å²) in [6.07, 6.45) is 0. The minimum Gasteiger partial charge on any atom is -0.497 e. The SMILES string of the molecule is CC.COc1ccc([C@@H]2CN(C(C)(C)C)C[C@@]2(C)C(=O)O)cc1.O=CO. The van der Waals surface area contributed by atoms with Gasteiger partial charge in [0.05, 0.1) is 12.5 Å². The van der Waals surface area contributed by atoms with E-state index in [4.69, 9.17) is 14.6 Å². The fourth-order valence-electron chi connectivity index (χ4n) is 3.03. The molecule has 0 bridgehead atoms. The smallest absolute Gasteiger partial charge is 0.311 e. The number of carboxylic acid groups (broad SMARTS) is 2. The second-order valence-corrected chi connectivity index (χ2v) is 7.21. The van der Waals surface area contributed by atoms with Crippen molar-refractivity contribution in [1.29, 1.82) is 0 Å². The van der Waals surface area contributed by atoms with Gasteiger partial charge in [0.15, 0.2) is 0 Å². The summed E-state index contributed by atoms with van der Waals surface area (Å²) in [7, 11) is 1.63. The number of carbonyl (C=O) groups is 2. The van der Waals surface area contributed by atoms with Gasteiger partial charge in [-0.05, 0) is 45.4 Å². The highest BCUT2D eigenvalue weighted by molar-refractivity contribution is 5.76. The molecule has 26 heavy (non-hydrogen) atoms. The highest BCUT2D eigenvalue weighted by Gasteiger charge is 2.51. The topological polar surface area (TPSA) is 87.1 Å². The highest BCUT2D eigenvalue weighted by atomic mass is 16.5. The van der Waals surface area contributed by atoms with E-state index in [2.05, 4.69) is 25.7 Å². The lowest BCUT2D eigenvalue weighted by atomic mass is 9.76. The molecule has 1 aliphatic rings. The third-order valence-corrected chi connectivity index (χ3v) is 4.65. The molecule has 0 aromatic heterocycles. The molecule has 0 unspecified atom stereocenters. The quantitative estimate of drug-likeness (QED) is 0.792. The van der Waals surface area contributed by atoms with Crippen LogP contribution in [0, 0.1) is 5.41 Å². The number of hydrogen-bond acceptors (Lipinski definition) is 4. The first-order valence-corrected chi connectivity index (χ1v) is 8.80. The van der Waals surface area contributed by atoms with Crippen molar-refractivity contribution in [3.8, 4) is 5.75 Å². The van der Waals surface area contributed by atoms with Crippen LogP contribution in [0.5, 0.6) is 5.75 Å². The lowest BCUT2D eigenvalue weighted by Crippen LogP contribution is -2.42. The van der Waals surface area contributed by atoms with Gasteiger partial charge in [-0.2, -0.15) is 0 Å². The number of aliphatic carboxylic acids is 1. The number of nitrogens with zero attached hydrogens (tertiary/aromatic N) is 1. The maximum atomic E-state index is 11.9. The molecule has 2 atom stereocenters. The number of ether oxygens (including phenoxy) is 1. The molecule has 0 saturated carbocycles. The zero-order valence-electron chi connectivity index (χ0n) is 16.9. The van der Waals surface area contributed by atoms with Crippen LogP contribution in [0.1, 0.15) is 53.0 Å². The molecule has 1 aromatic carbocycles. The molecule has 1 fully saturated rings. The van der Waals surface area contributed by atoms with Gasteiger partial charge in [-0.3, -0.25) is 14.5 Å². The van der Waals surface area contributed by atoms with Gasteiger partial charge >= 0.3 is 5.97 Å². The van der Waals surface area contributed by atoms with Crippen LogP contribution in [0.25, 0.3) is 0 Å². The predicted octanol–water partition coefficient (Wildman–Crippen LogP) is 3.71. The van der Waals surface area contributed by atoms with Crippen molar-refractivity contribution in [3.05, 3.63) is 29.8 Å². The third-order valence-electron chi connectivity index (χ3n) is 4.65. The Bertz CT molecular complexity index is 565. The van der Waals surface area contributed by atoms with E-state index in [0.717, 1.165) is 17.9 Å². The van der Waals surface area contributed by atoms with E-state index < -0.39 is 11.4 Å². The minimum absolute atomic E-state index is 0.0138. The third kappa shape index (κ3) is 5.73. The molecule has 1 saturated heterocycles. The van der Waals surface area contributed by atoms with Gasteiger partial charge in [-0.15, -0.1) is 0 Å². The Morgan fingerprint density at radius 3 is 2.08 bits per heavy atom. The Morgan fingerprint density at radius 1 is 1.27 bits per heavy atom. The molecular formula is C20H33NO5. The Kier molecular flexibility index (Phi) is 9.35. The van der Waals surface area contributed by atoms with Crippen molar-refractivity contribution in [2.45, 2.75) is 53.0 Å². The first-order valence-electron chi connectivity index (χ1n) is 8.80. The van der Waals surface area contributed by atoms with Gasteiger partial charge in [0.1, 0.15) is 5.75 Å². The van der Waals surface area contributed by atoms with Crippen molar-refractivity contribution in [3.63, 3.8) is 0 Å². The van der Waals surface area contributed by atoms with E-state index in [1.54, 1.807) is 7.11 Å². The Hall–Kier alpha value is -2.08. The van der Waals surface area contributed by atoms with Crippen LogP contribution in [0.15, 0.2) is 24.3 Å². The van der Waals surface area contributed by atoms with Crippen LogP contribution < -0.4 is 4.74 Å². The van der Waals surface area contributed by atoms with Crippen molar-refractivity contribution in [2.75, 3.05) is 20.2 Å². The standard InChI is InChI=1S/C17H25NO3.C2H6.CH2O2/c1-16(2,3)18-10-14(17(4,11-18)15(19)20)12-6-8-13(21-5)9-7-12;1-2;2-1-3/h6-9,14H,10-11H2,1-5H3,(H,19,20);1-2H3;1H,(H,2,3)/t14-,17+;;/m0../s1. The lowest BCUT2D eigenvalue weighted by molar-refractivity contribution is -0.148. The molecule has 0 radical (unpaired) electrons. The second-order valence-electron chi connectivity index (χ2n) is 7.21. The Balaban J connectivity index is 0.00000113. The van der Waals surface area contributed by atoms with Gasteiger partial charge in [0.2, 0.25) is 0 Å². The van der Waals surface area contributed by atoms with E-state index in [-0.39, 0.29) is 17.9 Å². The van der Waals surface area contributed by atoms with Crippen LogP contribution >= 0.6 is 0 Å². The second kappa shape index (κ2) is 10.2. The number of methoxy groups -OCH3 is 1. The van der Waals surface area contributed by atoms with Crippen LogP contribution in [0.3, 0.4) is 0 Å². The average molecular weight is 367 g/mol. The fourth-order valence-corrected chi connectivity index (χ4v) is 3.03. The van der Waals surface area contributed by atoms with Crippen molar-refractivity contribution in [1.82, 2.24) is 4.90 Å². The van der Waals surface area contributed by atoms with Crippen molar-refractivity contribution in [2.24, 2.45) is 5.41 Å². The predicted molar refractivity (Wildman–Crippen MR) is 103 cm³/mol. The zero-order chi connectivity index (χ0) is 20.5. The molecule has 0 aliphatic carbocycles. The molecule has 0 amide bonds. The average Bonchev–Trinajstić information content (AvgIpc) is 2.97. The fraction of sp³-hybridized carbons (Fsp3) is 0.600. The zero-order valence-corrected chi connectivity index (χ0v) is 16.9. The minimum atomic E-state index is -0.762. The summed E-state index contributed by atoms with van der Waals surface area (Å²) >= 11 is 0. The van der Waals surface area contributed by atoms with Crippen LogP contribution in [-0.2, 0) is 9.59 Å². The molecule has 6 heteroatoms. The van der Waals surface area contributed by atoms with E-state index in [9.17, 15) is 9.90 Å². The van der Waals surface area contributed by atoms with Crippen molar-refractivity contribution < 1.29 is 24.5 Å². The lowest BCUT2D eigenvalue weighted by Gasteiger charge is -2.32. The molecule has 2 N–H and O–H groups in total. The molecule has 1 aromatic rings. The summed E-state index contributed by atoms with van der Waals surface area (Å²) < 4.78 is 5.18. The summed E-state index contributed by atoms with van der Waals surface area (Å²) in [6.45, 7) is 13.3. The Labute approximate surface area is 156 Å². The van der Waals surface area contributed by atoms with Gasteiger partial charge in [-0.1, -0.05) is 26.0 Å². The van der Waals surface area contributed by atoms with E-state index in [1.807, 2.05) is 45.0 Å². The van der Waals surface area contributed by atoms with E-state index >= 15 is 0 Å². The van der Waals surface area contributed by atoms with Crippen molar-refractivity contribution >= 4 is 12.4 Å². The van der Waals surface area contributed by atoms with Crippen LogP contribution in [0.4, 0.5) is 0 Å². The molecule has 1 aliphatic heterocycles. The largest absolute Gasteiger partial charge is 0.497 e. The monoisotopic (exact) mass is 367 g/mol. The van der Waals surface area contributed by atoms with Crippen LogP contribution in [0.2, 0.25) is 0 Å². The maximum absolute atomic E-state index is 11.9. The van der Waals surface area contributed by atoms with Crippen LogP contribution in [-0.4, -0.2) is 53.3 Å². The summed E-state index contributed by atoms with van der Waals surface area (Å²) in [4.78, 5) is 22.5. The molecule has 2 rings (SSSR count). The number of benzene rings is 1. The number of carboxylic acids is 1. The number of rotatable bonds is 3. The molecule has 6 nitrogen and oxygen atoms in total. The van der Waals surface area contributed by atoms with Gasteiger partial charge < -0.3 is 14.9 Å². The molecule has 1 heterocycles. The summed E-state index contributed by atoms with van der Waals surface area (Å²) in [5.41, 5.74) is 0.271. The van der Waals surface area contributed by atoms with Gasteiger partial charge in [0, 0.05) is 24.5 Å². The first kappa shape index (κ1) is 23.9. The Morgan fingerprint density at radius 2 is 1.73 bits per heavy atom. The summed E-state index contributed by atoms with van der Waals surface area (Å²) in [6, 6.07) is 7.77. The molecule has 0 spiro atoms. The van der Waals surface area contributed by atoms with E-state index in [0.29, 0.717) is 6.54 Å². The number of hydrogen-bond donors (Lipinski definition) is 2. The molecular weight excluding hydrogens is 334 g/mol. The maximum Gasteiger partial charge on any atom is 0.311 e. The van der Waals surface area contributed by atoms with Gasteiger partial charge in [0.25, 0.3) is 6.47 Å². The first-order chi connectivity index (χ1) is 12.1. The summed E-state index contributed by atoms with van der Waals surface area (Å²) in [5.74, 6) is 0.0525.